The summed E-state index contributed by atoms with van der Waals surface area (Å²) in [5, 5.41) is 14.5. The first-order chi connectivity index (χ1) is 11.3. The van der Waals surface area contributed by atoms with E-state index >= 15 is 0 Å². The molecule has 0 unspecified atom stereocenters. The summed E-state index contributed by atoms with van der Waals surface area (Å²) in [6.07, 6.45) is 1.26. The van der Waals surface area contributed by atoms with E-state index in [9.17, 15) is 14.7 Å². The molecule has 1 heterocycles. The van der Waals surface area contributed by atoms with Crippen molar-refractivity contribution in [2.45, 2.75) is 26.6 Å². The third-order valence-corrected chi connectivity index (χ3v) is 3.72. The number of rotatable bonds is 2. The molecule has 6 heteroatoms. The Balaban J connectivity index is 1.95. The smallest absolute Gasteiger partial charge is 0.350 e. The molecule has 124 valence electrons. The van der Waals surface area contributed by atoms with Crippen molar-refractivity contribution in [3.05, 3.63) is 47.7 Å². The van der Waals surface area contributed by atoms with Crippen molar-refractivity contribution >= 4 is 28.4 Å². The number of anilines is 1. The van der Waals surface area contributed by atoms with Gasteiger partial charge in [-0.1, -0.05) is 24.3 Å². The van der Waals surface area contributed by atoms with Crippen molar-refractivity contribution in [1.82, 2.24) is 0 Å². The Bertz CT molecular complexity index is 860. The molecule has 0 bridgehead atoms. The summed E-state index contributed by atoms with van der Waals surface area (Å²) < 4.78 is 10.1. The number of cyclic esters (lactones) is 2. The third kappa shape index (κ3) is 2.78. The number of hydrogen-bond donors (Lipinski definition) is 2. The molecule has 2 N–H and O–H groups in total. The Labute approximate surface area is 138 Å². The van der Waals surface area contributed by atoms with Crippen molar-refractivity contribution in [3.63, 3.8) is 0 Å². The Morgan fingerprint density at radius 2 is 1.71 bits per heavy atom. The summed E-state index contributed by atoms with van der Waals surface area (Å²) in [5.41, 5.74) is 1.18. The number of benzene rings is 2. The number of carbonyl (C=O) groups is 2. The van der Waals surface area contributed by atoms with Gasteiger partial charge in [-0.2, -0.15) is 0 Å². The van der Waals surface area contributed by atoms with Crippen molar-refractivity contribution in [3.8, 4) is 5.75 Å². The molecule has 24 heavy (non-hydrogen) atoms. The quantitative estimate of drug-likeness (QED) is 0.501. The zero-order chi connectivity index (χ0) is 17.5. The lowest BCUT2D eigenvalue weighted by Gasteiger charge is -2.29. The van der Waals surface area contributed by atoms with Crippen molar-refractivity contribution < 1.29 is 24.2 Å². The monoisotopic (exact) mass is 327 g/mol. The predicted octanol–water partition coefficient (Wildman–Crippen LogP) is 2.99. The minimum absolute atomic E-state index is 0.196. The molecule has 0 radical (unpaired) electrons. The highest BCUT2D eigenvalue weighted by Gasteiger charge is 2.38. The third-order valence-electron chi connectivity index (χ3n) is 3.72. The van der Waals surface area contributed by atoms with Gasteiger partial charge < -0.3 is 19.9 Å². The highest BCUT2D eigenvalue weighted by atomic mass is 16.7. The van der Waals surface area contributed by atoms with Gasteiger partial charge in [0.05, 0.1) is 0 Å². The topological polar surface area (TPSA) is 84.9 Å². The molecule has 0 amide bonds. The zero-order valence-electron chi connectivity index (χ0n) is 13.5. The SMILES string of the molecule is Cc1ccc2c(NC=C3C(=O)OC(C)(C)OC3=O)cccc2c1O. The molecule has 3 rings (SSSR count). The second-order valence-corrected chi connectivity index (χ2v) is 6.01. The van der Waals surface area contributed by atoms with Crippen LogP contribution in [0.3, 0.4) is 0 Å². The minimum Gasteiger partial charge on any atom is -0.507 e. The molecule has 0 aromatic heterocycles. The second-order valence-electron chi connectivity index (χ2n) is 6.01. The molecule has 1 fully saturated rings. The Hall–Kier alpha value is -3.02. The van der Waals surface area contributed by atoms with Gasteiger partial charge in [0.2, 0.25) is 0 Å². The fraction of sp³-hybridized carbons (Fsp3) is 0.222. The van der Waals surface area contributed by atoms with Crippen LogP contribution < -0.4 is 5.32 Å². The number of aromatic hydroxyl groups is 1. The van der Waals surface area contributed by atoms with E-state index in [0.29, 0.717) is 11.1 Å². The molecule has 2 aromatic rings. The number of phenols is 1. The van der Waals surface area contributed by atoms with Crippen LogP contribution in [0.4, 0.5) is 5.69 Å². The van der Waals surface area contributed by atoms with E-state index in [2.05, 4.69) is 5.32 Å². The van der Waals surface area contributed by atoms with E-state index in [0.717, 1.165) is 10.9 Å². The van der Waals surface area contributed by atoms with Gasteiger partial charge in [-0.3, -0.25) is 0 Å². The molecule has 2 aromatic carbocycles. The number of esters is 2. The van der Waals surface area contributed by atoms with E-state index < -0.39 is 17.7 Å². The van der Waals surface area contributed by atoms with Crippen LogP contribution in [0.2, 0.25) is 0 Å². The summed E-state index contributed by atoms with van der Waals surface area (Å²) in [4.78, 5) is 23.9. The van der Waals surface area contributed by atoms with Gasteiger partial charge in [0.25, 0.3) is 5.79 Å². The van der Waals surface area contributed by atoms with E-state index in [-0.39, 0.29) is 11.3 Å². The molecule has 1 aliphatic rings. The van der Waals surface area contributed by atoms with Crippen LogP contribution in [0.1, 0.15) is 19.4 Å². The van der Waals surface area contributed by atoms with E-state index in [1.807, 2.05) is 13.0 Å². The van der Waals surface area contributed by atoms with Crippen LogP contribution in [0, 0.1) is 6.92 Å². The normalized spacial score (nSPS) is 16.5. The number of phenolic OH excluding ortho intramolecular Hbond substituents is 1. The van der Waals surface area contributed by atoms with Crippen LogP contribution in [0.5, 0.6) is 5.75 Å². The summed E-state index contributed by atoms with van der Waals surface area (Å²) in [6, 6.07) is 8.98. The van der Waals surface area contributed by atoms with Gasteiger partial charge in [-0.05, 0) is 18.6 Å². The van der Waals surface area contributed by atoms with Gasteiger partial charge in [-0.25, -0.2) is 9.59 Å². The first-order valence-corrected chi connectivity index (χ1v) is 7.43. The number of hydrogen-bond acceptors (Lipinski definition) is 6. The van der Waals surface area contributed by atoms with Crippen LogP contribution >= 0.6 is 0 Å². The first kappa shape index (κ1) is 15.9. The average Bonchev–Trinajstić information content (AvgIpc) is 2.49. The summed E-state index contributed by atoms with van der Waals surface area (Å²) in [7, 11) is 0. The Morgan fingerprint density at radius 1 is 1.04 bits per heavy atom. The van der Waals surface area contributed by atoms with Gasteiger partial charge in [-0.15, -0.1) is 0 Å². The van der Waals surface area contributed by atoms with Crippen LogP contribution in [-0.2, 0) is 19.1 Å². The zero-order valence-corrected chi connectivity index (χ0v) is 13.5. The molecular weight excluding hydrogens is 310 g/mol. The second kappa shape index (κ2) is 5.56. The fourth-order valence-corrected chi connectivity index (χ4v) is 2.51. The number of ether oxygens (including phenoxy) is 2. The first-order valence-electron chi connectivity index (χ1n) is 7.43. The standard InChI is InChI=1S/C18H17NO5/c1-10-7-8-11-12(15(10)20)5-4-6-14(11)19-9-13-16(21)23-18(2,3)24-17(13)22/h4-9,19-20H,1-3H3. The predicted molar refractivity (Wildman–Crippen MR) is 88.3 cm³/mol. The molecule has 0 spiro atoms. The van der Waals surface area contributed by atoms with Crippen LogP contribution in [-0.4, -0.2) is 22.8 Å². The fourth-order valence-electron chi connectivity index (χ4n) is 2.51. The van der Waals surface area contributed by atoms with Crippen LogP contribution in [0.25, 0.3) is 10.8 Å². The number of nitrogens with one attached hydrogen (secondary N) is 1. The number of aryl methyl sites for hydroxylation is 1. The molecule has 1 aliphatic heterocycles. The lowest BCUT2D eigenvalue weighted by molar-refractivity contribution is -0.222. The molecule has 6 nitrogen and oxygen atoms in total. The number of carbonyl (C=O) groups excluding carboxylic acids is 2. The van der Waals surface area contributed by atoms with Crippen molar-refractivity contribution in [2.24, 2.45) is 0 Å². The Morgan fingerprint density at radius 3 is 2.38 bits per heavy atom. The summed E-state index contributed by atoms with van der Waals surface area (Å²) in [5.74, 6) is -2.57. The highest BCUT2D eigenvalue weighted by molar-refractivity contribution is 6.15. The van der Waals surface area contributed by atoms with Gasteiger partial charge in [0.1, 0.15) is 5.75 Å². The molecular formula is C18H17NO5. The lowest BCUT2D eigenvalue weighted by Crippen LogP contribution is -2.42. The van der Waals surface area contributed by atoms with Crippen LogP contribution in [0.15, 0.2) is 42.1 Å². The van der Waals surface area contributed by atoms with Gasteiger partial charge >= 0.3 is 11.9 Å². The largest absolute Gasteiger partial charge is 0.507 e. The minimum atomic E-state index is -1.27. The summed E-state index contributed by atoms with van der Waals surface area (Å²) in [6.45, 7) is 4.79. The Kier molecular flexibility index (Phi) is 3.67. The van der Waals surface area contributed by atoms with E-state index in [1.54, 1.807) is 24.3 Å². The van der Waals surface area contributed by atoms with Crippen molar-refractivity contribution in [1.29, 1.82) is 0 Å². The highest BCUT2D eigenvalue weighted by Crippen LogP contribution is 2.33. The molecule has 1 saturated heterocycles. The van der Waals surface area contributed by atoms with Crippen molar-refractivity contribution in [2.75, 3.05) is 5.32 Å². The molecule has 0 aliphatic carbocycles. The summed E-state index contributed by atoms with van der Waals surface area (Å²) >= 11 is 0. The maximum absolute atomic E-state index is 11.9. The maximum Gasteiger partial charge on any atom is 0.350 e. The maximum atomic E-state index is 11.9. The van der Waals surface area contributed by atoms with E-state index in [1.165, 1.54) is 20.0 Å². The number of fused-ring (bicyclic) bond motifs is 1. The van der Waals surface area contributed by atoms with Gasteiger partial charge in [0, 0.05) is 36.5 Å². The van der Waals surface area contributed by atoms with Gasteiger partial charge in [0.15, 0.2) is 5.57 Å². The molecule has 0 saturated carbocycles. The average molecular weight is 327 g/mol. The lowest BCUT2D eigenvalue weighted by atomic mass is 10.0. The van der Waals surface area contributed by atoms with E-state index in [4.69, 9.17) is 9.47 Å². The molecule has 0 atom stereocenters.